The number of ether oxygens (including phenoxy) is 3. The summed E-state index contributed by atoms with van der Waals surface area (Å²) < 4.78 is 76.3. The van der Waals surface area contributed by atoms with E-state index in [9.17, 15) is 31.5 Å². The van der Waals surface area contributed by atoms with Gasteiger partial charge in [-0.2, -0.15) is 0 Å². The molecule has 0 saturated carbocycles. The van der Waals surface area contributed by atoms with Gasteiger partial charge >= 0.3 is 6.36 Å². The molecule has 0 bridgehead atoms. The van der Waals surface area contributed by atoms with Gasteiger partial charge in [0, 0.05) is 24.1 Å². The van der Waals surface area contributed by atoms with Gasteiger partial charge in [0.1, 0.15) is 18.5 Å². The maximum Gasteiger partial charge on any atom is 0.573 e. The monoisotopic (exact) mass is 527 g/mol. The van der Waals surface area contributed by atoms with Crippen molar-refractivity contribution in [3.63, 3.8) is 0 Å². The summed E-state index contributed by atoms with van der Waals surface area (Å²) in [7, 11) is -1.98. The summed E-state index contributed by atoms with van der Waals surface area (Å²) in [5.41, 5.74) is 1.06. The van der Waals surface area contributed by atoms with Gasteiger partial charge in [-0.1, -0.05) is 19.1 Å². The highest BCUT2D eigenvalue weighted by atomic mass is 32.2. The molecule has 0 radical (unpaired) electrons. The number of sulfone groups is 1. The molecule has 3 aromatic rings. The lowest BCUT2D eigenvalue weighted by atomic mass is 10.1. The third kappa shape index (κ3) is 7.25. The smallest absolute Gasteiger partial charge is 0.493 e. The Kier molecular flexibility index (Phi) is 8.31. The molecule has 1 heterocycles. The molecule has 1 atom stereocenters. The van der Waals surface area contributed by atoms with Crippen LogP contribution in [0, 0.1) is 0 Å². The zero-order valence-electron chi connectivity index (χ0n) is 19.4. The lowest BCUT2D eigenvalue weighted by molar-refractivity contribution is -0.274. The summed E-state index contributed by atoms with van der Waals surface area (Å²) in [4.78, 5) is 12.8. The fourth-order valence-corrected chi connectivity index (χ4v) is 4.21. The van der Waals surface area contributed by atoms with Crippen LogP contribution in [0.25, 0.3) is 16.8 Å². The van der Waals surface area contributed by atoms with Crippen molar-refractivity contribution in [2.75, 3.05) is 25.2 Å². The standard InChI is InChI=1S/C24H24F3NO7S/c1-3-36(31,32)15-19(29)14-34-21-9-6-18(13-22(21)33-2)28-11-10-17(12-23(28)30)16-4-7-20(8-5-16)35-24(25,26)27/h4-13,19,29H,3,14-15H2,1-2H3/t19-/m1/s1. The van der Waals surface area contributed by atoms with Crippen LogP contribution in [0.1, 0.15) is 6.92 Å². The zero-order valence-corrected chi connectivity index (χ0v) is 20.2. The minimum atomic E-state index is -4.79. The van der Waals surface area contributed by atoms with Crippen LogP contribution in [0.3, 0.4) is 0 Å². The second kappa shape index (κ2) is 11.0. The molecule has 0 spiro atoms. The van der Waals surface area contributed by atoms with Gasteiger partial charge in [0.25, 0.3) is 5.56 Å². The van der Waals surface area contributed by atoms with Crippen molar-refractivity contribution in [3.8, 4) is 34.1 Å². The molecule has 12 heteroatoms. The number of aliphatic hydroxyl groups is 1. The molecule has 194 valence electrons. The van der Waals surface area contributed by atoms with E-state index in [4.69, 9.17) is 9.47 Å². The Morgan fingerprint density at radius 1 is 1.00 bits per heavy atom. The summed E-state index contributed by atoms with van der Waals surface area (Å²) in [6, 6.07) is 12.7. The average Bonchev–Trinajstić information content (AvgIpc) is 2.82. The van der Waals surface area contributed by atoms with Gasteiger partial charge in [0.15, 0.2) is 21.3 Å². The third-order valence-electron chi connectivity index (χ3n) is 5.08. The summed E-state index contributed by atoms with van der Waals surface area (Å²) in [6.07, 6.45) is -4.51. The Hall–Kier alpha value is -3.51. The van der Waals surface area contributed by atoms with Gasteiger partial charge in [-0.05, 0) is 41.5 Å². The molecule has 1 aromatic heterocycles. The topological polar surface area (TPSA) is 104 Å². The molecule has 3 rings (SSSR count). The first-order chi connectivity index (χ1) is 16.9. The maximum absolute atomic E-state index is 12.8. The van der Waals surface area contributed by atoms with Crippen LogP contribution in [0.4, 0.5) is 13.2 Å². The molecular formula is C24H24F3NO7S. The number of benzene rings is 2. The number of nitrogens with zero attached hydrogens (tertiary/aromatic N) is 1. The fraction of sp³-hybridized carbons (Fsp3) is 0.292. The predicted octanol–water partition coefficient (Wildman–Crippen LogP) is 3.59. The van der Waals surface area contributed by atoms with E-state index in [0.717, 1.165) is 12.1 Å². The van der Waals surface area contributed by atoms with Crippen LogP contribution in [0.2, 0.25) is 0 Å². The minimum Gasteiger partial charge on any atom is -0.493 e. The largest absolute Gasteiger partial charge is 0.573 e. The van der Waals surface area contributed by atoms with Crippen LogP contribution < -0.4 is 19.8 Å². The molecule has 2 aromatic carbocycles. The fourth-order valence-electron chi connectivity index (χ4n) is 3.29. The van der Waals surface area contributed by atoms with Crippen molar-refractivity contribution in [2.24, 2.45) is 0 Å². The van der Waals surface area contributed by atoms with Crippen molar-refractivity contribution in [3.05, 3.63) is 71.1 Å². The lowest BCUT2D eigenvalue weighted by Crippen LogP contribution is -2.28. The first-order valence-corrected chi connectivity index (χ1v) is 12.5. The van der Waals surface area contributed by atoms with Gasteiger partial charge in [-0.25, -0.2) is 8.42 Å². The molecule has 0 aliphatic heterocycles. The van der Waals surface area contributed by atoms with Crippen LogP contribution in [0.5, 0.6) is 17.2 Å². The molecule has 0 unspecified atom stereocenters. The van der Waals surface area contributed by atoms with E-state index in [1.807, 2.05) is 0 Å². The zero-order chi connectivity index (χ0) is 26.5. The first kappa shape index (κ1) is 27.1. The highest BCUT2D eigenvalue weighted by molar-refractivity contribution is 7.91. The molecule has 0 amide bonds. The van der Waals surface area contributed by atoms with Crippen LogP contribution in [-0.2, 0) is 9.84 Å². The Bertz CT molecular complexity index is 1350. The van der Waals surface area contributed by atoms with Crippen LogP contribution in [-0.4, -0.2) is 55.8 Å². The van der Waals surface area contributed by atoms with E-state index in [2.05, 4.69) is 4.74 Å². The van der Waals surface area contributed by atoms with Crippen molar-refractivity contribution < 1.29 is 40.9 Å². The number of alkyl halides is 3. The molecular weight excluding hydrogens is 503 g/mol. The van der Waals surface area contributed by atoms with Gasteiger partial charge in [0.05, 0.1) is 18.6 Å². The Morgan fingerprint density at radius 2 is 1.69 bits per heavy atom. The molecule has 1 N–H and O–H groups in total. The summed E-state index contributed by atoms with van der Waals surface area (Å²) in [5.74, 6) is -0.375. The van der Waals surface area contributed by atoms with Crippen molar-refractivity contribution in [2.45, 2.75) is 19.4 Å². The van der Waals surface area contributed by atoms with Crippen LogP contribution in [0.15, 0.2) is 65.6 Å². The number of pyridine rings is 1. The Morgan fingerprint density at radius 3 is 2.28 bits per heavy atom. The van der Waals surface area contributed by atoms with Gasteiger partial charge < -0.3 is 19.3 Å². The first-order valence-electron chi connectivity index (χ1n) is 10.7. The lowest BCUT2D eigenvalue weighted by Gasteiger charge is -2.16. The predicted molar refractivity (Wildman–Crippen MR) is 127 cm³/mol. The van der Waals surface area contributed by atoms with Crippen molar-refractivity contribution in [1.29, 1.82) is 0 Å². The number of aliphatic hydroxyl groups excluding tert-OH is 1. The van der Waals surface area contributed by atoms with E-state index < -0.39 is 33.6 Å². The Labute approximate surface area is 205 Å². The number of hydrogen-bond acceptors (Lipinski definition) is 7. The molecule has 0 saturated heterocycles. The van der Waals surface area contributed by atoms with E-state index in [-0.39, 0.29) is 29.6 Å². The van der Waals surface area contributed by atoms with E-state index in [1.165, 1.54) is 55.1 Å². The highest BCUT2D eigenvalue weighted by Gasteiger charge is 2.31. The highest BCUT2D eigenvalue weighted by Crippen LogP contribution is 2.30. The molecule has 0 aliphatic rings. The third-order valence-corrected chi connectivity index (χ3v) is 6.86. The van der Waals surface area contributed by atoms with Gasteiger partial charge in [0.2, 0.25) is 0 Å². The summed E-state index contributed by atoms with van der Waals surface area (Å²) >= 11 is 0. The average molecular weight is 528 g/mol. The quantitative estimate of drug-likeness (QED) is 0.430. The maximum atomic E-state index is 12.8. The van der Waals surface area contributed by atoms with Crippen LogP contribution >= 0.6 is 0 Å². The minimum absolute atomic E-state index is 0.0899. The summed E-state index contributed by atoms with van der Waals surface area (Å²) in [5, 5.41) is 9.95. The Balaban J connectivity index is 1.77. The molecule has 36 heavy (non-hydrogen) atoms. The number of methoxy groups -OCH3 is 1. The van der Waals surface area contributed by atoms with E-state index in [1.54, 1.807) is 12.1 Å². The second-order valence-electron chi connectivity index (χ2n) is 7.69. The summed E-state index contributed by atoms with van der Waals surface area (Å²) in [6.45, 7) is 1.22. The molecule has 8 nitrogen and oxygen atoms in total. The number of hydrogen-bond donors (Lipinski definition) is 1. The normalized spacial score (nSPS) is 12.7. The molecule has 0 fully saturated rings. The number of aromatic nitrogens is 1. The van der Waals surface area contributed by atoms with Gasteiger partial charge in [-0.3, -0.25) is 9.36 Å². The SMILES string of the molecule is CCS(=O)(=O)C[C@H](O)COc1ccc(-n2ccc(-c3ccc(OC(F)(F)F)cc3)cc2=O)cc1OC. The second-order valence-corrected chi connectivity index (χ2v) is 10.1. The van der Waals surface area contributed by atoms with Gasteiger partial charge in [-0.15, -0.1) is 13.2 Å². The van der Waals surface area contributed by atoms with Crippen molar-refractivity contribution >= 4 is 9.84 Å². The van der Waals surface area contributed by atoms with Crippen molar-refractivity contribution in [1.82, 2.24) is 4.57 Å². The number of rotatable bonds is 10. The van der Waals surface area contributed by atoms with E-state index >= 15 is 0 Å². The van der Waals surface area contributed by atoms with E-state index in [0.29, 0.717) is 16.8 Å². The molecule has 0 aliphatic carbocycles. The number of halogens is 3.